The Labute approximate surface area is 253 Å². The molecule has 0 unspecified atom stereocenters. The zero-order chi connectivity index (χ0) is 30.4. The average Bonchev–Trinajstić information content (AvgIpc) is 3.47. The van der Waals surface area contributed by atoms with Gasteiger partial charge in [0.25, 0.3) is 0 Å². The molecule has 0 bridgehead atoms. The van der Waals surface area contributed by atoms with Gasteiger partial charge in [-0.1, -0.05) is 25.1 Å². The fourth-order valence-electron chi connectivity index (χ4n) is 5.82. The molecule has 3 aromatic heterocycles. The highest BCUT2D eigenvalue weighted by atomic mass is 19.1. The van der Waals surface area contributed by atoms with Gasteiger partial charge in [0, 0.05) is 52.7 Å². The minimum absolute atomic E-state index is 0.0375. The molecule has 8 heteroatoms. The smallest absolute Gasteiger partial charge is 0.181 e. The second kappa shape index (κ2) is 10.8. The summed E-state index contributed by atoms with van der Waals surface area (Å²) in [5.41, 5.74) is 5.62. The molecule has 1 N–H and O–H groups in total. The van der Waals surface area contributed by atoms with Crippen LogP contribution in [0, 0.1) is 12.7 Å². The number of nitrogens with one attached hydrogen (secondary N) is 1. The maximum Gasteiger partial charge on any atom is 0.181 e. The van der Waals surface area contributed by atoms with Crippen molar-refractivity contribution in [2.45, 2.75) is 44.9 Å². The van der Waals surface area contributed by atoms with Crippen LogP contribution in [0.5, 0.6) is 0 Å². The van der Waals surface area contributed by atoms with E-state index < -0.39 is 0 Å². The zero-order valence-electron chi connectivity index (χ0n) is 24.4. The van der Waals surface area contributed by atoms with Gasteiger partial charge in [-0.3, -0.25) is 19.7 Å². The summed E-state index contributed by atoms with van der Waals surface area (Å²) in [4.78, 5) is 35.6. The van der Waals surface area contributed by atoms with Crippen LogP contribution >= 0.6 is 0 Å². The number of nitrogens with zero attached hydrogens (tertiary/aromatic N) is 3. The molecule has 0 saturated heterocycles. The number of fused-ring (bicyclic) bond motifs is 1. The number of aromatic amines is 1. The van der Waals surface area contributed by atoms with Gasteiger partial charge in [-0.25, -0.2) is 9.37 Å². The third-order valence-electron chi connectivity index (χ3n) is 8.54. The van der Waals surface area contributed by atoms with Crippen molar-refractivity contribution >= 4 is 22.5 Å². The molecule has 1 fully saturated rings. The number of ketones is 2. The predicted molar refractivity (Wildman–Crippen MR) is 166 cm³/mol. The summed E-state index contributed by atoms with van der Waals surface area (Å²) in [5, 5.41) is 8.16. The van der Waals surface area contributed by atoms with Gasteiger partial charge in [-0.05, 0) is 91.1 Å². The molecule has 7 nitrogen and oxygen atoms in total. The highest BCUT2D eigenvalue weighted by molar-refractivity contribution is 6.12. The highest BCUT2D eigenvalue weighted by Crippen LogP contribution is 2.50. The number of aryl methyl sites for hydroxylation is 1. The summed E-state index contributed by atoms with van der Waals surface area (Å²) >= 11 is 0. The van der Waals surface area contributed by atoms with E-state index in [1.807, 2.05) is 62.4 Å². The summed E-state index contributed by atoms with van der Waals surface area (Å²) in [6.07, 6.45) is 5.76. The third kappa shape index (κ3) is 4.92. The van der Waals surface area contributed by atoms with Crippen LogP contribution in [0.15, 0.2) is 89.6 Å². The Morgan fingerprint density at radius 1 is 0.909 bits per heavy atom. The first kappa shape index (κ1) is 27.6. The molecule has 3 aromatic carbocycles. The summed E-state index contributed by atoms with van der Waals surface area (Å²) in [6, 6.07) is 21.2. The van der Waals surface area contributed by atoms with Gasteiger partial charge >= 0.3 is 0 Å². The van der Waals surface area contributed by atoms with Crippen molar-refractivity contribution in [2.24, 2.45) is 0 Å². The van der Waals surface area contributed by atoms with E-state index in [0.29, 0.717) is 52.1 Å². The van der Waals surface area contributed by atoms with Gasteiger partial charge < -0.3 is 4.42 Å². The van der Waals surface area contributed by atoms with E-state index in [-0.39, 0.29) is 22.8 Å². The number of aromatic nitrogens is 4. The first-order valence-corrected chi connectivity index (χ1v) is 14.7. The van der Waals surface area contributed by atoms with Crippen LogP contribution in [0.2, 0.25) is 0 Å². The van der Waals surface area contributed by atoms with Crippen molar-refractivity contribution in [2.75, 3.05) is 0 Å². The number of furan rings is 1. The normalized spacial score (nSPS) is 13.7. The molecule has 1 saturated carbocycles. The molecule has 1 aliphatic rings. The Hall–Kier alpha value is -5.24. The molecule has 3 heterocycles. The topological polar surface area (TPSA) is 102 Å². The van der Waals surface area contributed by atoms with Gasteiger partial charge in [0.15, 0.2) is 17.4 Å². The Balaban J connectivity index is 1.21. The largest absolute Gasteiger partial charge is 0.455 e. The molecular formula is C36H29FN4O3. The lowest BCUT2D eigenvalue weighted by Crippen LogP contribution is -2.15. The van der Waals surface area contributed by atoms with Gasteiger partial charge in [0.1, 0.15) is 23.0 Å². The Kier molecular flexibility index (Phi) is 6.77. The van der Waals surface area contributed by atoms with Crippen LogP contribution < -0.4 is 0 Å². The van der Waals surface area contributed by atoms with Gasteiger partial charge in [0.05, 0.1) is 5.56 Å². The third-order valence-corrected chi connectivity index (χ3v) is 8.54. The number of pyridine rings is 1. The van der Waals surface area contributed by atoms with Crippen LogP contribution in [-0.2, 0) is 5.41 Å². The number of rotatable bonds is 9. The molecule has 7 rings (SSSR count). The summed E-state index contributed by atoms with van der Waals surface area (Å²) in [7, 11) is 0. The van der Waals surface area contributed by atoms with E-state index in [2.05, 4.69) is 15.2 Å². The fourth-order valence-corrected chi connectivity index (χ4v) is 5.82. The second-order valence-electron chi connectivity index (χ2n) is 11.5. The SMILES string of the molecule is CCC(=O)c1c(-c2ccc(F)cc2)oc2ccc(-c3cc(C(=O)CC4(c5nc(-c6ccncc6)n[nH]5)CC4)ccc3C)cc12. The number of benzene rings is 3. The predicted octanol–water partition coefficient (Wildman–Crippen LogP) is 8.29. The van der Waals surface area contributed by atoms with Crippen molar-refractivity contribution < 1.29 is 18.4 Å². The minimum Gasteiger partial charge on any atom is -0.455 e. The highest BCUT2D eigenvalue weighted by Gasteiger charge is 2.49. The molecule has 0 amide bonds. The van der Waals surface area contributed by atoms with Crippen molar-refractivity contribution in [3.8, 4) is 33.8 Å². The number of carbonyl (C=O) groups excluding carboxylic acids is 2. The van der Waals surface area contributed by atoms with Crippen molar-refractivity contribution in [1.29, 1.82) is 0 Å². The van der Waals surface area contributed by atoms with E-state index in [0.717, 1.165) is 40.9 Å². The lowest BCUT2D eigenvalue weighted by Gasteiger charge is -2.13. The minimum atomic E-state index is -0.358. The molecule has 1 aliphatic carbocycles. The number of H-pyrrole nitrogens is 1. The molecular weight excluding hydrogens is 555 g/mol. The maximum atomic E-state index is 13.7. The first-order valence-electron chi connectivity index (χ1n) is 14.7. The van der Waals surface area contributed by atoms with Gasteiger partial charge in [0.2, 0.25) is 0 Å². The lowest BCUT2D eigenvalue weighted by atomic mass is 9.91. The summed E-state index contributed by atoms with van der Waals surface area (Å²) < 4.78 is 19.8. The van der Waals surface area contributed by atoms with E-state index >= 15 is 0 Å². The summed E-state index contributed by atoms with van der Waals surface area (Å²) in [5.74, 6) is 1.38. The monoisotopic (exact) mass is 584 g/mol. The second-order valence-corrected chi connectivity index (χ2v) is 11.5. The average molecular weight is 585 g/mol. The van der Waals surface area contributed by atoms with Crippen LogP contribution in [0.4, 0.5) is 4.39 Å². The van der Waals surface area contributed by atoms with Crippen molar-refractivity contribution in [3.05, 3.63) is 114 Å². The Bertz CT molecular complexity index is 2040. The van der Waals surface area contributed by atoms with Gasteiger partial charge in [-0.2, -0.15) is 5.10 Å². The lowest BCUT2D eigenvalue weighted by molar-refractivity contribution is 0.0965. The standard InChI is InChI=1S/C36H29FN4O3/c1-3-29(42)32-28-18-24(8-11-31(28)44-33(32)22-6-9-26(37)10-7-22)27-19-25(5-4-21(27)2)30(43)20-36(14-15-36)35-39-34(40-41-35)23-12-16-38-17-13-23/h4-13,16-19H,3,14-15,20H2,1-2H3,(H,39,40,41). The zero-order valence-corrected chi connectivity index (χ0v) is 24.4. The number of halogens is 1. The van der Waals surface area contributed by atoms with Crippen LogP contribution in [0.1, 0.15) is 64.7 Å². The van der Waals surface area contributed by atoms with Gasteiger partial charge in [-0.15, -0.1) is 0 Å². The maximum absolute atomic E-state index is 13.7. The quantitative estimate of drug-likeness (QED) is 0.172. The number of hydrogen-bond donors (Lipinski definition) is 1. The Morgan fingerprint density at radius 3 is 2.39 bits per heavy atom. The number of carbonyl (C=O) groups is 2. The fraction of sp³-hybridized carbons (Fsp3) is 0.194. The molecule has 0 aliphatic heterocycles. The molecule has 6 aromatic rings. The molecule has 0 spiro atoms. The van der Waals surface area contributed by atoms with Crippen molar-refractivity contribution in [3.63, 3.8) is 0 Å². The van der Waals surface area contributed by atoms with E-state index in [4.69, 9.17) is 9.40 Å². The first-order chi connectivity index (χ1) is 21.3. The molecule has 0 atom stereocenters. The van der Waals surface area contributed by atoms with E-state index in [1.165, 1.54) is 12.1 Å². The molecule has 218 valence electrons. The van der Waals surface area contributed by atoms with E-state index in [1.54, 1.807) is 24.5 Å². The van der Waals surface area contributed by atoms with Crippen LogP contribution in [0.3, 0.4) is 0 Å². The van der Waals surface area contributed by atoms with Crippen molar-refractivity contribution in [1.82, 2.24) is 20.2 Å². The number of hydrogen-bond acceptors (Lipinski definition) is 6. The number of Topliss-reactive ketones (excluding diaryl/α,β-unsaturated/α-hetero) is 2. The summed E-state index contributed by atoms with van der Waals surface area (Å²) in [6.45, 7) is 3.81. The molecule has 0 radical (unpaired) electrons. The Morgan fingerprint density at radius 2 is 1.66 bits per heavy atom. The molecule has 44 heavy (non-hydrogen) atoms. The van der Waals surface area contributed by atoms with Crippen LogP contribution in [0.25, 0.3) is 44.8 Å². The van der Waals surface area contributed by atoms with E-state index in [9.17, 15) is 14.0 Å². The van der Waals surface area contributed by atoms with Crippen LogP contribution in [-0.4, -0.2) is 31.7 Å².